The van der Waals surface area contributed by atoms with Crippen LogP contribution in [-0.2, 0) is 9.59 Å². The molecule has 0 saturated heterocycles. The van der Waals surface area contributed by atoms with Crippen molar-refractivity contribution in [3.8, 4) is 5.75 Å². The standard InChI is InChI=1S/C12H12O5/c1-7(11(13)14)10(12(15)16)8-4-3-5-9(6-8)17-2/h3-6,10H,1H2,2H3,(H,13,14)(H,15,16). The van der Waals surface area contributed by atoms with Crippen LogP contribution < -0.4 is 4.74 Å². The number of benzene rings is 1. The third-order valence-electron chi connectivity index (χ3n) is 2.30. The molecule has 2 N–H and O–H groups in total. The molecule has 0 fully saturated rings. The van der Waals surface area contributed by atoms with E-state index < -0.39 is 17.9 Å². The van der Waals surface area contributed by atoms with Crippen LogP contribution in [0.15, 0.2) is 36.4 Å². The Morgan fingerprint density at radius 2 is 2.00 bits per heavy atom. The molecule has 1 rings (SSSR count). The smallest absolute Gasteiger partial charge is 0.332 e. The average molecular weight is 236 g/mol. The van der Waals surface area contributed by atoms with E-state index in [0.717, 1.165) is 0 Å². The number of hydrogen-bond acceptors (Lipinski definition) is 3. The lowest BCUT2D eigenvalue weighted by Crippen LogP contribution is -2.18. The number of carboxylic acids is 2. The van der Waals surface area contributed by atoms with Gasteiger partial charge in [0.05, 0.1) is 7.11 Å². The van der Waals surface area contributed by atoms with Gasteiger partial charge in [-0.05, 0) is 17.7 Å². The molecule has 17 heavy (non-hydrogen) atoms. The first-order valence-electron chi connectivity index (χ1n) is 4.76. The third kappa shape index (κ3) is 2.84. The number of methoxy groups -OCH3 is 1. The van der Waals surface area contributed by atoms with Crippen LogP contribution in [0.4, 0.5) is 0 Å². The summed E-state index contributed by atoms with van der Waals surface area (Å²) in [7, 11) is 1.45. The molecule has 0 aromatic heterocycles. The monoisotopic (exact) mass is 236 g/mol. The molecule has 0 amide bonds. The Labute approximate surface area is 98.0 Å². The first-order chi connectivity index (χ1) is 7.97. The fourth-order valence-electron chi connectivity index (χ4n) is 1.44. The second-order valence-electron chi connectivity index (χ2n) is 3.38. The van der Waals surface area contributed by atoms with E-state index in [0.29, 0.717) is 11.3 Å². The zero-order chi connectivity index (χ0) is 13.0. The summed E-state index contributed by atoms with van der Waals surface area (Å²) in [6.07, 6.45) is 0. The van der Waals surface area contributed by atoms with Gasteiger partial charge in [0.2, 0.25) is 0 Å². The molecule has 5 nitrogen and oxygen atoms in total. The second kappa shape index (κ2) is 5.16. The zero-order valence-electron chi connectivity index (χ0n) is 9.21. The summed E-state index contributed by atoms with van der Waals surface area (Å²) in [5, 5.41) is 17.8. The molecule has 1 aromatic rings. The topological polar surface area (TPSA) is 83.8 Å². The van der Waals surface area contributed by atoms with Crippen molar-refractivity contribution in [2.45, 2.75) is 5.92 Å². The van der Waals surface area contributed by atoms with Crippen LogP contribution in [-0.4, -0.2) is 29.3 Å². The summed E-state index contributed by atoms with van der Waals surface area (Å²) < 4.78 is 4.95. The molecule has 1 atom stereocenters. The molecule has 5 heteroatoms. The minimum Gasteiger partial charge on any atom is -0.497 e. The van der Waals surface area contributed by atoms with Crippen LogP contribution in [0, 0.1) is 0 Å². The van der Waals surface area contributed by atoms with Gasteiger partial charge >= 0.3 is 11.9 Å². The summed E-state index contributed by atoms with van der Waals surface area (Å²) in [5.41, 5.74) is -0.0602. The van der Waals surface area contributed by atoms with Crippen LogP contribution >= 0.6 is 0 Å². The normalized spacial score (nSPS) is 11.6. The SMILES string of the molecule is C=C(C(=O)O)C(C(=O)O)c1cccc(OC)c1. The Hall–Kier alpha value is -2.30. The molecule has 0 heterocycles. The third-order valence-corrected chi connectivity index (χ3v) is 2.30. The van der Waals surface area contributed by atoms with Crippen molar-refractivity contribution in [2.24, 2.45) is 0 Å². The Balaban J connectivity index is 3.18. The van der Waals surface area contributed by atoms with E-state index in [-0.39, 0.29) is 5.57 Å². The Bertz CT molecular complexity index is 464. The Morgan fingerprint density at radius 3 is 2.47 bits per heavy atom. The lowest BCUT2D eigenvalue weighted by molar-refractivity contribution is -0.141. The minimum absolute atomic E-state index is 0.323. The highest BCUT2D eigenvalue weighted by Gasteiger charge is 2.27. The van der Waals surface area contributed by atoms with Gasteiger partial charge in [-0.25, -0.2) is 4.79 Å². The maximum absolute atomic E-state index is 11.1. The fourth-order valence-corrected chi connectivity index (χ4v) is 1.44. The number of aliphatic carboxylic acids is 2. The van der Waals surface area contributed by atoms with E-state index in [1.54, 1.807) is 12.1 Å². The van der Waals surface area contributed by atoms with Crippen LogP contribution in [0.25, 0.3) is 0 Å². The van der Waals surface area contributed by atoms with Gasteiger partial charge in [-0.1, -0.05) is 18.7 Å². The molecule has 0 saturated carbocycles. The highest BCUT2D eigenvalue weighted by Crippen LogP contribution is 2.26. The first kappa shape index (κ1) is 12.8. The summed E-state index contributed by atoms with van der Waals surface area (Å²) in [6, 6.07) is 6.24. The van der Waals surface area contributed by atoms with Crippen LogP contribution in [0.1, 0.15) is 11.5 Å². The zero-order valence-corrected chi connectivity index (χ0v) is 9.21. The summed E-state index contributed by atoms with van der Waals surface area (Å²) in [5.74, 6) is -3.40. The largest absolute Gasteiger partial charge is 0.497 e. The number of hydrogen-bond donors (Lipinski definition) is 2. The molecule has 0 aliphatic heterocycles. The van der Waals surface area contributed by atoms with Gasteiger partial charge in [0.15, 0.2) is 0 Å². The maximum atomic E-state index is 11.1. The average Bonchev–Trinajstić information content (AvgIpc) is 2.28. The molecular weight excluding hydrogens is 224 g/mol. The van der Waals surface area contributed by atoms with Crippen molar-refractivity contribution in [2.75, 3.05) is 7.11 Å². The fraction of sp³-hybridized carbons (Fsp3) is 0.167. The minimum atomic E-state index is -1.33. The number of rotatable bonds is 5. The van der Waals surface area contributed by atoms with Gasteiger partial charge in [0, 0.05) is 5.57 Å². The maximum Gasteiger partial charge on any atom is 0.332 e. The molecule has 0 aliphatic carbocycles. The van der Waals surface area contributed by atoms with Crippen LogP contribution in [0.3, 0.4) is 0 Å². The van der Waals surface area contributed by atoms with Gasteiger partial charge in [-0.15, -0.1) is 0 Å². The van der Waals surface area contributed by atoms with Crippen molar-refractivity contribution in [1.29, 1.82) is 0 Å². The highest BCUT2D eigenvalue weighted by atomic mass is 16.5. The molecule has 0 spiro atoms. The van der Waals surface area contributed by atoms with Gasteiger partial charge in [-0.3, -0.25) is 4.79 Å². The van der Waals surface area contributed by atoms with Crippen LogP contribution in [0.2, 0.25) is 0 Å². The van der Waals surface area contributed by atoms with E-state index in [1.807, 2.05) is 0 Å². The molecule has 1 unspecified atom stereocenters. The van der Waals surface area contributed by atoms with E-state index in [4.69, 9.17) is 14.9 Å². The molecule has 0 aliphatic rings. The van der Waals surface area contributed by atoms with E-state index in [9.17, 15) is 9.59 Å². The van der Waals surface area contributed by atoms with Gasteiger partial charge in [0.1, 0.15) is 11.7 Å². The van der Waals surface area contributed by atoms with Crippen molar-refractivity contribution in [1.82, 2.24) is 0 Å². The van der Waals surface area contributed by atoms with E-state index in [1.165, 1.54) is 19.2 Å². The predicted molar refractivity (Wildman–Crippen MR) is 60.1 cm³/mol. The van der Waals surface area contributed by atoms with E-state index >= 15 is 0 Å². The van der Waals surface area contributed by atoms with Crippen molar-refractivity contribution in [3.05, 3.63) is 42.0 Å². The lowest BCUT2D eigenvalue weighted by Gasteiger charge is -2.13. The second-order valence-corrected chi connectivity index (χ2v) is 3.38. The molecule has 90 valence electrons. The van der Waals surface area contributed by atoms with Gasteiger partial charge in [0.25, 0.3) is 0 Å². The summed E-state index contributed by atoms with van der Waals surface area (Å²) in [6.45, 7) is 3.29. The lowest BCUT2D eigenvalue weighted by atomic mass is 9.92. The summed E-state index contributed by atoms with van der Waals surface area (Å²) in [4.78, 5) is 21.9. The van der Waals surface area contributed by atoms with Gasteiger partial charge < -0.3 is 14.9 Å². The molecule has 0 bridgehead atoms. The predicted octanol–water partition coefficient (Wildman–Crippen LogP) is 1.50. The Morgan fingerprint density at radius 1 is 1.35 bits per heavy atom. The van der Waals surface area contributed by atoms with E-state index in [2.05, 4.69) is 6.58 Å². The number of carboxylic acid groups (broad SMARTS) is 2. The van der Waals surface area contributed by atoms with Crippen molar-refractivity contribution < 1.29 is 24.5 Å². The Kier molecular flexibility index (Phi) is 3.87. The van der Waals surface area contributed by atoms with Gasteiger partial charge in [-0.2, -0.15) is 0 Å². The molecule has 0 radical (unpaired) electrons. The van der Waals surface area contributed by atoms with Crippen LogP contribution in [0.5, 0.6) is 5.75 Å². The van der Waals surface area contributed by atoms with Crippen molar-refractivity contribution >= 4 is 11.9 Å². The summed E-state index contributed by atoms with van der Waals surface area (Å²) >= 11 is 0. The molecular formula is C12H12O5. The quantitative estimate of drug-likeness (QED) is 0.757. The highest BCUT2D eigenvalue weighted by molar-refractivity contribution is 5.96. The first-order valence-corrected chi connectivity index (χ1v) is 4.76. The number of ether oxygens (including phenoxy) is 1. The molecule has 1 aromatic carbocycles. The van der Waals surface area contributed by atoms with Crippen molar-refractivity contribution in [3.63, 3.8) is 0 Å². The number of carbonyl (C=O) groups is 2.